The van der Waals surface area contributed by atoms with Crippen molar-refractivity contribution in [2.45, 2.75) is 51.5 Å². The van der Waals surface area contributed by atoms with Gasteiger partial charge in [-0.3, -0.25) is 14.5 Å². The molecule has 4 rings (SSSR count). The number of carbonyl (C=O) groups excluding carboxylic acids is 1. The van der Waals surface area contributed by atoms with E-state index in [-0.39, 0.29) is 19.2 Å². The highest BCUT2D eigenvalue weighted by Gasteiger charge is 2.47. The maximum atomic E-state index is 13.4. The second-order valence-corrected chi connectivity index (χ2v) is 9.85. The number of hydrogen-bond donors (Lipinski definition) is 2. The third-order valence-corrected chi connectivity index (χ3v) is 7.34. The molecular weight excluding hydrogens is 492 g/mol. The van der Waals surface area contributed by atoms with E-state index in [0.717, 1.165) is 18.4 Å². The molecule has 1 amide bonds. The summed E-state index contributed by atoms with van der Waals surface area (Å²) in [6.45, 7) is 5.96. The largest absolute Gasteiger partial charge is 0.493 e. The zero-order chi connectivity index (χ0) is 27.2. The standard InChI is InChI=1S/C27H38N4O7/c1-4-5-9-30(10-8-28)24(32)15-31-14-19(18-11-21(35-3)26-22(12-18)36-16-37-26)25(27(33)34)20(31)6-7-23-29-13-17(2)38-23/h11-13,19-20,25H,4-10,14-16,28H2,1-3H3,(H,33,34)/t19-,20+,25?/m1/s1. The number of unbranched alkanes of at least 4 members (excludes halogenated alkanes) is 1. The van der Waals surface area contributed by atoms with Crippen molar-refractivity contribution in [2.75, 3.05) is 46.6 Å². The maximum Gasteiger partial charge on any atom is 0.308 e. The Morgan fingerprint density at radius 2 is 2.11 bits per heavy atom. The van der Waals surface area contributed by atoms with Crippen LogP contribution >= 0.6 is 0 Å². The van der Waals surface area contributed by atoms with Gasteiger partial charge in [0.2, 0.25) is 18.4 Å². The lowest BCUT2D eigenvalue weighted by Gasteiger charge is -2.29. The number of nitrogens with two attached hydrogens (primary N) is 1. The summed E-state index contributed by atoms with van der Waals surface area (Å²) in [6, 6.07) is 3.24. The van der Waals surface area contributed by atoms with E-state index < -0.39 is 23.8 Å². The van der Waals surface area contributed by atoms with Crippen LogP contribution < -0.4 is 19.9 Å². The summed E-state index contributed by atoms with van der Waals surface area (Å²) in [5.74, 6) is 0.672. The van der Waals surface area contributed by atoms with Gasteiger partial charge in [0, 0.05) is 44.6 Å². The Bertz CT molecular complexity index is 1120. The molecule has 2 aliphatic rings. The quantitative estimate of drug-likeness (QED) is 0.397. The van der Waals surface area contributed by atoms with Crippen LogP contribution in [0, 0.1) is 12.8 Å². The first-order chi connectivity index (χ1) is 18.4. The fourth-order valence-corrected chi connectivity index (χ4v) is 5.48. The zero-order valence-electron chi connectivity index (χ0n) is 22.4. The summed E-state index contributed by atoms with van der Waals surface area (Å²) < 4.78 is 22.3. The number of aryl methyl sites for hydroxylation is 2. The Morgan fingerprint density at radius 3 is 2.76 bits per heavy atom. The number of rotatable bonds is 13. The molecule has 11 nitrogen and oxygen atoms in total. The van der Waals surface area contributed by atoms with Crippen LogP contribution in [-0.4, -0.2) is 84.4 Å². The summed E-state index contributed by atoms with van der Waals surface area (Å²) in [5, 5.41) is 10.4. The highest BCUT2D eigenvalue weighted by Crippen LogP contribution is 2.47. The Balaban J connectivity index is 1.64. The summed E-state index contributed by atoms with van der Waals surface area (Å²) in [4.78, 5) is 34.2. The number of aromatic nitrogens is 1. The number of aliphatic carboxylic acids is 1. The number of benzene rings is 1. The molecule has 3 heterocycles. The molecule has 1 saturated heterocycles. The molecule has 208 valence electrons. The number of hydrogen-bond acceptors (Lipinski definition) is 9. The number of carbonyl (C=O) groups is 2. The van der Waals surface area contributed by atoms with Crippen LogP contribution in [0.2, 0.25) is 0 Å². The van der Waals surface area contributed by atoms with Crippen molar-refractivity contribution in [3.63, 3.8) is 0 Å². The molecule has 2 aliphatic heterocycles. The summed E-state index contributed by atoms with van der Waals surface area (Å²) in [7, 11) is 1.54. The van der Waals surface area contributed by atoms with Gasteiger partial charge in [-0.15, -0.1) is 0 Å². The average molecular weight is 531 g/mol. The molecule has 1 aromatic carbocycles. The zero-order valence-corrected chi connectivity index (χ0v) is 22.4. The normalized spacial score (nSPS) is 20.6. The molecule has 0 aliphatic carbocycles. The molecule has 0 bridgehead atoms. The van der Waals surface area contributed by atoms with Crippen LogP contribution in [0.3, 0.4) is 0 Å². The van der Waals surface area contributed by atoms with Crippen LogP contribution in [0.15, 0.2) is 22.7 Å². The predicted octanol–water partition coefficient (Wildman–Crippen LogP) is 2.41. The number of carboxylic acid groups (broad SMARTS) is 1. The first-order valence-electron chi connectivity index (χ1n) is 13.2. The second-order valence-electron chi connectivity index (χ2n) is 9.85. The van der Waals surface area contributed by atoms with Gasteiger partial charge in [0.05, 0.1) is 25.8 Å². The maximum absolute atomic E-state index is 13.4. The lowest BCUT2D eigenvalue weighted by atomic mass is 9.83. The number of methoxy groups -OCH3 is 1. The van der Waals surface area contributed by atoms with Gasteiger partial charge in [0.15, 0.2) is 17.4 Å². The number of ether oxygens (including phenoxy) is 3. The number of likely N-dealkylation sites (tertiary alicyclic amines) is 1. The Labute approximate surface area is 222 Å². The number of carboxylic acids is 1. The van der Waals surface area contributed by atoms with Crippen LogP contribution in [0.25, 0.3) is 0 Å². The van der Waals surface area contributed by atoms with Crippen LogP contribution in [0.5, 0.6) is 17.2 Å². The van der Waals surface area contributed by atoms with Crippen molar-refractivity contribution in [3.8, 4) is 17.2 Å². The van der Waals surface area contributed by atoms with Gasteiger partial charge in [0.1, 0.15) is 5.76 Å². The van der Waals surface area contributed by atoms with Gasteiger partial charge in [-0.2, -0.15) is 0 Å². The van der Waals surface area contributed by atoms with Crippen LogP contribution in [0.4, 0.5) is 0 Å². The van der Waals surface area contributed by atoms with E-state index in [4.69, 9.17) is 24.4 Å². The van der Waals surface area contributed by atoms with Gasteiger partial charge in [-0.25, -0.2) is 4.98 Å². The summed E-state index contributed by atoms with van der Waals surface area (Å²) in [6.07, 6.45) is 4.45. The van der Waals surface area contributed by atoms with Crippen molar-refractivity contribution in [1.82, 2.24) is 14.8 Å². The van der Waals surface area contributed by atoms with E-state index in [1.807, 2.05) is 24.0 Å². The average Bonchev–Trinajstić information content (AvgIpc) is 3.62. The van der Waals surface area contributed by atoms with Crippen LogP contribution in [-0.2, 0) is 16.0 Å². The topological polar surface area (TPSA) is 141 Å². The fraction of sp³-hybridized carbons (Fsp3) is 0.593. The molecular formula is C27H38N4O7. The fourth-order valence-electron chi connectivity index (χ4n) is 5.48. The Morgan fingerprint density at radius 1 is 1.29 bits per heavy atom. The minimum atomic E-state index is -0.917. The lowest BCUT2D eigenvalue weighted by Crippen LogP contribution is -2.45. The SMILES string of the molecule is CCCCN(CCN)C(=O)CN1C[C@H](c2cc(OC)c3c(c2)OCO3)C(C(=O)O)[C@@H]1CCc1ncc(C)o1. The van der Waals surface area contributed by atoms with Gasteiger partial charge in [0.25, 0.3) is 0 Å². The van der Waals surface area contributed by atoms with Gasteiger partial charge >= 0.3 is 5.97 Å². The molecule has 3 N–H and O–H groups in total. The third-order valence-electron chi connectivity index (χ3n) is 7.34. The van der Waals surface area contributed by atoms with E-state index >= 15 is 0 Å². The van der Waals surface area contributed by atoms with Crippen molar-refractivity contribution in [3.05, 3.63) is 35.5 Å². The molecule has 0 radical (unpaired) electrons. The number of fused-ring (bicyclic) bond motifs is 1. The van der Waals surface area contributed by atoms with E-state index in [1.165, 1.54) is 0 Å². The van der Waals surface area contributed by atoms with Crippen molar-refractivity contribution >= 4 is 11.9 Å². The predicted molar refractivity (Wildman–Crippen MR) is 138 cm³/mol. The molecule has 38 heavy (non-hydrogen) atoms. The number of oxazole rings is 1. The molecule has 2 aromatic rings. The van der Waals surface area contributed by atoms with Gasteiger partial charge in [-0.05, 0) is 37.5 Å². The Kier molecular flexibility index (Phi) is 9.11. The number of nitrogens with zero attached hydrogens (tertiary/aromatic N) is 3. The molecule has 3 atom stereocenters. The molecule has 0 saturated carbocycles. The first-order valence-corrected chi connectivity index (χ1v) is 13.2. The molecule has 1 fully saturated rings. The van der Waals surface area contributed by atoms with E-state index in [0.29, 0.717) is 67.9 Å². The second kappa shape index (κ2) is 12.5. The van der Waals surface area contributed by atoms with Gasteiger partial charge in [-0.1, -0.05) is 13.3 Å². The lowest BCUT2D eigenvalue weighted by molar-refractivity contribution is -0.143. The third kappa shape index (κ3) is 6.05. The molecule has 1 aromatic heterocycles. The molecule has 1 unspecified atom stereocenters. The highest BCUT2D eigenvalue weighted by molar-refractivity contribution is 5.79. The first kappa shape index (κ1) is 27.7. The van der Waals surface area contributed by atoms with Gasteiger partial charge < -0.3 is 34.4 Å². The monoisotopic (exact) mass is 530 g/mol. The minimum absolute atomic E-state index is 0.0473. The molecule has 0 spiro atoms. The van der Waals surface area contributed by atoms with Crippen molar-refractivity contribution in [2.24, 2.45) is 11.7 Å². The summed E-state index contributed by atoms with van der Waals surface area (Å²) in [5.41, 5.74) is 6.56. The molecule has 11 heteroatoms. The van der Waals surface area contributed by atoms with Crippen molar-refractivity contribution < 1.29 is 33.3 Å². The minimum Gasteiger partial charge on any atom is -0.493 e. The Hall–Kier alpha value is -3.31. The highest BCUT2D eigenvalue weighted by atomic mass is 16.7. The van der Waals surface area contributed by atoms with Crippen LogP contribution in [0.1, 0.15) is 49.3 Å². The smallest absolute Gasteiger partial charge is 0.308 e. The van der Waals surface area contributed by atoms with E-state index in [9.17, 15) is 14.7 Å². The summed E-state index contributed by atoms with van der Waals surface area (Å²) >= 11 is 0. The number of amides is 1. The van der Waals surface area contributed by atoms with E-state index in [1.54, 1.807) is 18.2 Å². The van der Waals surface area contributed by atoms with Crippen molar-refractivity contribution in [1.29, 1.82) is 0 Å². The van der Waals surface area contributed by atoms with E-state index in [2.05, 4.69) is 11.9 Å².